The molecule has 0 aliphatic carbocycles. The summed E-state index contributed by atoms with van der Waals surface area (Å²) in [5.74, 6) is -0.285. The lowest BCUT2D eigenvalue weighted by Crippen LogP contribution is -2.43. The van der Waals surface area contributed by atoms with Gasteiger partial charge in [0.05, 0.1) is 18.6 Å². The number of hydrogen-bond donors (Lipinski definition) is 1. The molecule has 0 bridgehead atoms. The number of nitrogens with two attached hydrogens (primary N) is 1. The quantitative estimate of drug-likeness (QED) is 0.624. The molecule has 0 aromatic heterocycles. The summed E-state index contributed by atoms with van der Waals surface area (Å²) in [4.78, 5) is 11.0. The highest BCUT2D eigenvalue weighted by molar-refractivity contribution is 7.91. The molecule has 0 radical (unpaired) electrons. The molecule has 1 heterocycles. The summed E-state index contributed by atoms with van der Waals surface area (Å²) in [6.45, 7) is 0. The van der Waals surface area contributed by atoms with Gasteiger partial charge in [-0.25, -0.2) is 8.42 Å². The summed E-state index contributed by atoms with van der Waals surface area (Å²) in [6, 6.07) is -0.437. The van der Waals surface area contributed by atoms with Crippen LogP contribution < -0.4 is 5.73 Å². The van der Waals surface area contributed by atoms with E-state index >= 15 is 0 Å². The molecule has 1 rings (SSSR count). The van der Waals surface area contributed by atoms with Crippen LogP contribution in [0.1, 0.15) is 12.8 Å². The van der Waals surface area contributed by atoms with Gasteiger partial charge in [-0.05, 0) is 12.3 Å². The number of ether oxygens (including phenoxy) is 1. The molecule has 2 atom stereocenters. The molecule has 0 spiro atoms. The Balaban J connectivity index is 2.54. The van der Waals surface area contributed by atoms with Crippen molar-refractivity contribution in [3.8, 4) is 0 Å². The highest BCUT2D eigenvalue weighted by Gasteiger charge is 2.31. The summed E-state index contributed by atoms with van der Waals surface area (Å²) in [5.41, 5.74) is 5.67. The van der Waals surface area contributed by atoms with Gasteiger partial charge in [-0.1, -0.05) is 0 Å². The second-order valence-corrected chi connectivity index (χ2v) is 5.84. The summed E-state index contributed by atoms with van der Waals surface area (Å²) >= 11 is 0. The SMILES string of the molecule is COC(=O)C[C@H]1CCS(=O)(=O)C[C@@H]1N. The number of sulfone groups is 1. The van der Waals surface area contributed by atoms with Crippen LogP contribution >= 0.6 is 0 Å². The van der Waals surface area contributed by atoms with Crippen LogP contribution in [0.5, 0.6) is 0 Å². The van der Waals surface area contributed by atoms with Crippen molar-refractivity contribution in [2.24, 2.45) is 11.7 Å². The minimum atomic E-state index is -2.98. The van der Waals surface area contributed by atoms with E-state index in [1.807, 2.05) is 0 Å². The molecule has 0 unspecified atom stereocenters. The number of hydrogen-bond acceptors (Lipinski definition) is 5. The van der Waals surface area contributed by atoms with Gasteiger partial charge in [-0.2, -0.15) is 0 Å². The van der Waals surface area contributed by atoms with Crippen molar-refractivity contribution < 1.29 is 17.9 Å². The summed E-state index contributed by atoms with van der Waals surface area (Å²) in [6.07, 6.45) is 0.672. The van der Waals surface area contributed by atoms with E-state index in [1.165, 1.54) is 7.11 Å². The van der Waals surface area contributed by atoms with Gasteiger partial charge in [0.25, 0.3) is 0 Å². The Morgan fingerprint density at radius 3 is 2.71 bits per heavy atom. The molecular formula is C8H15NO4S. The molecule has 0 saturated carbocycles. The van der Waals surface area contributed by atoms with Crippen LogP contribution in [0.25, 0.3) is 0 Å². The highest BCUT2D eigenvalue weighted by Crippen LogP contribution is 2.21. The summed E-state index contributed by atoms with van der Waals surface area (Å²) in [5, 5.41) is 0. The standard InChI is InChI=1S/C8H15NO4S/c1-13-8(10)4-6-2-3-14(11,12)5-7(6)9/h6-7H,2-5,9H2,1H3/t6-,7+/m1/s1. The molecule has 1 aliphatic heterocycles. The monoisotopic (exact) mass is 221 g/mol. The van der Waals surface area contributed by atoms with Crippen LogP contribution in [0.2, 0.25) is 0 Å². The average Bonchev–Trinajstić information content (AvgIpc) is 2.09. The Morgan fingerprint density at radius 1 is 1.57 bits per heavy atom. The molecule has 82 valence electrons. The van der Waals surface area contributed by atoms with Crippen LogP contribution in [0, 0.1) is 5.92 Å². The maximum absolute atomic E-state index is 11.2. The van der Waals surface area contributed by atoms with Gasteiger partial charge in [0.1, 0.15) is 0 Å². The highest BCUT2D eigenvalue weighted by atomic mass is 32.2. The Morgan fingerprint density at radius 2 is 2.21 bits per heavy atom. The first-order valence-electron chi connectivity index (χ1n) is 4.47. The molecule has 0 aromatic rings. The third-order valence-corrected chi connectivity index (χ3v) is 4.26. The minimum absolute atomic E-state index is 0.0192. The molecule has 6 heteroatoms. The normalized spacial score (nSPS) is 31.0. The lowest BCUT2D eigenvalue weighted by Gasteiger charge is -2.27. The molecule has 5 nitrogen and oxygen atoms in total. The first kappa shape index (κ1) is 11.5. The van der Waals surface area contributed by atoms with Crippen molar-refractivity contribution >= 4 is 15.8 Å². The topological polar surface area (TPSA) is 86.5 Å². The Hall–Kier alpha value is -0.620. The Kier molecular flexibility index (Phi) is 3.49. The van der Waals surface area contributed by atoms with Crippen LogP contribution in [0.3, 0.4) is 0 Å². The zero-order chi connectivity index (χ0) is 10.8. The fraction of sp³-hybridized carbons (Fsp3) is 0.875. The zero-order valence-corrected chi connectivity index (χ0v) is 8.92. The van der Waals surface area contributed by atoms with Crippen molar-refractivity contribution in [2.75, 3.05) is 18.6 Å². The van der Waals surface area contributed by atoms with Gasteiger partial charge >= 0.3 is 5.97 Å². The maximum Gasteiger partial charge on any atom is 0.305 e. The second-order valence-electron chi connectivity index (χ2n) is 3.61. The maximum atomic E-state index is 11.2. The molecule has 1 aliphatic rings. The molecule has 0 aromatic carbocycles. The first-order valence-corrected chi connectivity index (χ1v) is 6.29. The Bertz CT molecular complexity index is 311. The van der Waals surface area contributed by atoms with Gasteiger partial charge < -0.3 is 10.5 Å². The van der Waals surface area contributed by atoms with Crippen molar-refractivity contribution in [3.63, 3.8) is 0 Å². The van der Waals surface area contributed by atoms with E-state index in [2.05, 4.69) is 4.74 Å². The molecule has 2 N–H and O–H groups in total. The minimum Gasteiger partial charge on any atom is -0.469 e. The molecule has 14 heavy (non-hydrogen) atoms. The van der Waals surface area contributed by atoms with Crippen molar-refractivity contribution in [1.29, 1.82) is 0 Å². The van der Waals surface area contributed by atoms with Gasteiger partial charge in [0, 0.05) is 12.5 Å². The van der Waals surface area contributed by atoms with Crippen LogP contribution in [0.15, 0.2) is 0 Å². The van der Waals surface area contributed by atoms with Gasteiger partial charge in [-0.3, -0.25) is 4.79 Å². The summed E-state index contributed by atoms with van der Waals surface area (Å²) in [7, 11) is -1.67. The first-order chi connectivity index (χ1) is 6.44. The van der Waals surface area contributed by atoms with Crippen molar-refractivity contribution in [1.82, 2.24) is 0 Å². The number of methoxy groups -OCH3 is 1. The van der Waals surface area contributed by atoms with E-state index in [4.69, 9.17) is 5.73 Å². The predicted molar refractivity (Wildman–Crippen MR) is 51.4 cm³/mol. The van der Waals surface area contributed by atoms with Gasteiger partial charge in [-0.15, -0.1) is 0 Å². The fourth-order valence-corrected chi connectivity index (χ4v) is 3.30. The van der Waals surface area contributed by atoms with E-state index in [0.29, 0.717) is 6.42 Å². The number of esters is 1. The molecule has 1 saturated heterocycles. The van der Waals surface area contributed by atoms with Gasteiger partial charge in [0.2, 0.25) is 0 Å². The van der Waals surface area contributed by atoms with Crippen LogP contribution in [-0.2, 0) is 19.4 Å². The third-order valence-electron chi connectivity index (χ3n) is 2.51. The molecular weight excluding hydrogens is 206 g/mol. The summed E-state index contributed by atoms with van der Waals surface area (Å²) < 4.78 is 26.8. The largest absolute Gasteiger partial charge is 0.469 e. The smallest absolute Gasteiger partial charge is 0.305 e. The zero-order valence-electron chi connectivity index (χ0n) is 8.10. The number of carbonyl (C=O) groups is 1. The van der Waals surface area contributed by atoms with Crippen molar-refractivity contribution in [3.05, 3.63) is 0 Å². The average molecular weight is 221 g/mol. The van der Waals surface area contributed by atoms with Crippen molar-refractivity contribution in [2.45, 2.75) is 18.9 Å². The third kappa shape index (κ3) is 2.95. The van der Waals surface area contributed by atoms with Crippen LogP contribution in [0.4, 0.5) is 0 Å². The van der Waals surface area contributed by atoms with Gasteiger partial charge in [0.15, 0.2) is 9.84 Å². The predicted octanol–water partition coefficient (Wildman–Crippen LogP) is -0.688. The van der Waals surface area contributed by atoms with E-state index in [1.54, 1.807) is 0 Å². The number of carbonyl (C=O) groups excluding carboxylic acids is 1. The number of rotatable bonds is 2. The van der Waals surface area contributed by atoms with E-state index in [0.717, 1.165) is 0 Å². The van der Waals surface area contributed by atoms with Crippen LogP contribution in [-0.4, -0.2) is 39.0 Å². The van der Waals surface area contributed by atoms with E-state index in [-0.39, 0.29) is 29.8 Å². The molecule has 1 fully saturated rings. The fourth-order valence-electron chi connectivity index (χ4n) is 1.61. The second kappa shape index (κ2) is 4.27. The van der Waals surface area contributed by atoms with E-state index in [9.17, 15) is 13.2 Å². The lowest BCUT2D eigenvalue weighted by atomic mass is 9.95. The van der Waals surface area contributed by atoms with E-state index < -0.39 is 15.9 Å². The lowest BCUT2D eigenvalue weighted by molar-refractivity contribution is -0.141. The Labute approximate surface area is 83.5 Å². The molecule has 0 amide bonds.